The second-order valence-electron chi connectivity index (χ2n) is 4.11. The molecule has 1 heterocycles. The Labute approximate surface area is 83.3 Å². The topological polar surface area (TPSA) is 80.6 Å². The average Bonchev–Trinajstić information content (AvgIpc) is 2.42. The number of hydrogen-bond acceptors (Lipinski definition) is 4. The molecule has 0 aliphatic carbocycles. The van der Waals surface area contributed by atoms with E-state index in [0.29, 0.717) is 0 Å². The Hall–Kier alpha value is -1.57. The van der Waals surface area contributed by atoms with E-state index in [1.807, 2.05) is 6.07 Å². The summed E-state index contributed by atoms with van der Waals surface area (Å²) in [5, 5.41) is 27.1. The molecule has 0 amide bonds. The molecule has 14 heavy (non-hydrogen) atoms. The van der Waals surface area contributed by atoms with Gasteiger partial charge in [0.05, 0.1) is 24.8 Å². The van der Waals surface area contributed by atoms with E-state index in [-0.39, 0.29) is 6.61 Å². The Morgan fingerprint density at radius 3 is 1.93 bits per heavy atom. The summed E-state index contributed by atoms with van der Waals surface area (Å²) < 4.78 is 5.30. The van der Waals surface area contributed by atoms with Crippen molar-refractivity contribution in [2.45, 2.75) is 26.4 Å². The molecule has 0 aromatic rings. The van der Waals surface area contributed by atoms with Crippen LogP contribution in [0.5, 0.6) is 0 Å². The summed E-state index contributed by atoms with van der Waals surface area (Å²) in [6.07, 6.45) is 0. The molecule has 72 valence electrons. The molecule has 0 N–H and O–H groups in total. The Balaban J connectivity index is 3.36. The molecular weight excluding hydrogens is 178 g/mol. The minimum atomic E-state index is -1.20. The van der Waals surface area contributed by atoms with Crippen LogP contribution in [0.25, 0.3) is 0 Å². The lowest BCUT2D eigenvalue weighted by Crippen LogP contribution is -2.45. The number of nitrogens with zero attached hydrogens (tertiary/aromatic N) is 3. The quantitative estimate of drug-likeness (QED) is 0.576. The fourth-order valence-electron chi connectivity index (χ4n) is 1.62. The number of nitriles is 3. The fraction of sp³-hybridized carbons (Fsp3) is 0.700. The smallest absolute Gasteiger partial charge is 0.171 e. The largest absolute Gasteiger partial charge is 0.357 e. The Morgan fingerprint density at radius 1 is 1.00 bits per heavy atom. The van der Waals surface area contributed by atoms with Crippen molar-refractivity contribution in [3.8, 4) is 18.2 Å². The van der Waals surface area contributed by atoms with Gasteiger partial charge in [0.25, 0.3) is 0 Å². The van der Waals surface area contributed by atoms with Gasteiger partial charge in [0.1, 0.15) is 10.8 Å². The molecule has 3 unspecified atom stereocenters. The predicted molar refractivity (Wildman–Crippen MR) is 47.4 cm³/mol. The lowest BCUT2D eigenvalue weighted by atomic mass is 9.62. The SMILES string of the molecule is CC1(C#N)COC(C)(C#N)C1(C)C#N. The highest BCUT2D eigenvalue weighted by atomic mass is 16.5. The molecule has 0 spiro atoms. The second kappa shape index (κ2) is 2.71. The van der Waals surface area contributed by atoms with Crippen molar-refractivity contribution in [2.24, 2.45) is 10.8 Å². The summed E-state index contributed by atoms with van der Waals surface area (Å²) in [6, 6.07) is 6.10. The minimum Gasteiger partial charge on any atom is -0.357 e. The molecule has 1 rings (SSSR count). The van der Waals surface area contributed by atoms with Gasteiger partial charge < -0.3 is 4.74 Å². The number of rotatable bonds is 0. The van der Waals surface area contributed by atoms with Gasteiger partial charge in [0.2, 0.25) is 0 Å². The van der Waals surface area contributed by atoms with E-state index in [1.54, 1.807) is 20.8 Å². The maximum Gasteiger partial charge on any atom is 0.171 e. The van der Waals surface area contributed by atoms with Gasteiger partial charge in [0.15, 0.2) is 5.60 Å². The second-order valence-corrected chi connectivity index (χ2v) is 4.11. The van der Waals surface area contributed by atoms with E-state index >= 15 is 0 Å². The van der Waals surface area contributed by atoms with Crippen LogP contribution >= 0.6 is 0 Å². The summed E-state index contributed by atoms with van der Waals surface area (Å²) in [6.45, 7) is 4.93. The Kier molecular flexibility index (Phi) is 2.03. The zero-order valence-corrected chi connectivity index (χ0v) is 8.46. The van der Waals surface area contributed by atoms with E-state index in [4.69, 9.17) is 20.5 Å². The van der Waals surface area contributed by atoms with E-state index < -0.39 is 16.4 Å². The van der Waals surface area contributed by atoms with Crippen LogP contribution in [0.1, 0.15) is 20.8 Å². The molecule has 0 aromatic carbocycles. The first-order valence-electron chi connectivity index (χ1n) is 4.27. The molecule has 3 atom stereocenters. The van der Waals surface area contributed by atoms with E-state index in [1.165, 1.54) is 0 Å². The van der Waals surface area contributed by atoms with Crippen molar-refractivity contribution in [1.29, 1.82) is 15.8 Å². The lowest BCUT2D eigenvalue weighted by molar-refractivity contribution is 0.0276. The van der Waals surface area contributed by atoms with Crippen molar-refractivity contribution in [1.82, 2.24) is 0 Å². The number of ether oxygens (including phenoxy) is 1. The van der Waals surface area contributed by atoms with Crippen molar-refractivity contribution < 1.29 is 4.74 Å². The van der Waals surface area contributed by atoms with Gasteiger partial charge in [-0.2, -0.15) is 15.8 Å². The summed E-state index contributed by atoms with van der Waals surface area (Å²) in [7, 11) is 0. The lowest BCUT2D eigenvalue weighted by Gasteiger charge is -2.33. The monoisotopic (exact) mass is 189 g/mol. The van der Waals surface area contributed by atoms with Crippen molar-refractivity contribution in [3.05, 3.63) is 0 Å². The summed E-state index contributed by atoms with van der Waals surface area (Å²) in [5.74, 6) is 0. The average molecular weight is 189 g/mol. The molecule has 0 aromatic heterocycles. The van der Waals surface area contributed by atoms with Crippen LogP contribution in [-0.4, -0.2) is 12.2 Å². The minimum absolute atomic E-state index is 0.123. The van der Waals surface area contributed by atoms with Crippen LogP contribution in [0, 0.1) is 44.8 Å². The van der Waals surface area contributed by atoms with Crippen molar-refractivity contribution >= 4 is 0 Å². The van der Waals surface area contributed by atoms with Crippen LogP contribution in [-0.2, 0) is 4.74 Å². The number of hydrogen-bond donors (Lipinski definition) is 0. The zero-order valence-electron chi connectivity index (χ0n) is 8.46. The van der Waals surface area contributed by atoms with E-state index in [0.717, 1.165) is 0 Å². The van der Waals surface area contributed by atoms with Gasteiger partial charge in [-0.1, -0.05) is 0 Å². The summed E-state index contributed by atoms with van der Waals surface area (Å²) in [4.78, 5) is 0. The fourth-order valence-corrected chi connectivity index (χ4v) is 1.62. The molecule has 0 bridgehead atoms. The van der Waals surface area contributed by atoms with Gasteiger partial charge in [-0.25, -0.2) is 0 Å². The van der Waals surface area contributed by atoms with Crippen LogP contribution < -0.4 is 0 Å². The van der Waals surface area contributed by atoms with Crippen LogP contribution in [0.4, 0.5) is 0 Å². The van der Waals surface area contributed by atoms with Crippen LogP contribution in [0.15, 0.2) is 0 Å². The van der Waals surface area contributed by atoms with Crippen molar-refractivity contribution in [3.63, 3.8) is 0 Å². The summed E-state index contributed by atoms with van der Waals surface area (Å²) in [5.41, 5.74) is -3.22. The normalized spacial score (nSPS) is 46.3. The highest BCUT2D eigenvalue weighted by molar-refractivity contribution is 5.30. The highest BCUT2D eigenvalue weighted by Crippen LogP contribution is 2.53. The maximum atomic E-state index is 9.13. The third kappa shape index (κ3) is 0.882. The third-order valence-corrected chi connectivity index (χ3v) is 3.39. The predicted octanol–water partition coefficient (Wildman–Crippen LogP) is 1.36. The van der Waals surface area contributed by atoms with E-state index in [9.17, 15) is 0 Å². The van der Waals surface area contributed by atoms with Crippen molar-refractivity contribution in [2.75, 3.05) is 6.61 Å². The molecule has 1 aliphatic heterocycles. The zero-order chi connectivity index (χ0) is 11.0. The molecule has 0 saturated carbocycles. The highest BCUT2D eigenvalue weighted by Gasteiger charge is 2.64. The van der Waals surface area contributed by atoms with Gasteiger partial charge in [-0.3, -0.25) is 0 Å². The molecule has 4 nitrogen and oxygen atoms in total. The molecule has 1 fully saturated rings. The Bertz CT molecular complexity index is 356. The van der Waals surface area contributed by atoms with Gasteiger partial charge >= 0.3 is 0 Å². The molecule has 0 radical (unpaired) electrons. The van der Waals surface area contributed by atoms with Gasteiger partial charge in [-0.05, 0) is 20.8 Å². The van der Waals surface area contributed by atoms with Gasteiger partial charge in [-0.15, -0.1) is 0 Å². The standard InChI is InChI=1S/C10H11N3O/c1-8(4-11)7-14-10(3,6-13)9(8,2)5-12/h7H2,1-3H3. The first-order chi connectivity index (χ1) is 6.39. The van der Waals surface area contributed by atoms with Crippen LogP contribution in [0.3, 0.4) is 0 Å². The van der Waals surface area contributed by atoms with Gasteiger partial charge in [0, 0.05) is 0 Å². The molecule has 1 aliphatic rings. The summed E-state index contributed by atoms with van der Waals surface area (Å²) >= 11 is 0. The first kappa shape index (κ1) is 10.5. The molecular formula is C10H11N3O. The Morgan fingerprint density at radius 2 is 1.57 bits per heavy atom. The third-order valence-electron chi connectivity index (χ3n) is 3.39. The molecule has 1 saturated heterocycles. The first-order valence-corrected chi connectivity index (χ1v) is 4.27. The molecule has 4 heteroatoms. The maximum absolute atomic E-state index is 9.13. The van der Waals surface area contributed by atoms with E-state index in [2.05, 4.69) is 12.1 Å². The van der Waals surface area contributed by atoms with Crippen LogP contribution in [0.2, 0.25) is 0 Å².